The summed E-state index contributed by atoms with van der Waals surface area (Å²) in [5.41, 5.74) is 20.1. The minimum Gasteiger partial charge on any atom is -0.455 e. The number of rotatable bonds is 8. The smallest absolute Gasteiger partial charge is 0.143 e. The van der Waals surface area contributed by atoms with Crippen LogP contribution in [0.25, 0.3) is 82.8 Å². The lowest BCUT2D eigenvalue weighted by Gasteiger charge is -2.34. The van der Waals surface area contributed by atoms with E-state index in [9.17, 15) is 0 Å². The number of nitrogens with zero attached hydrogens (tertiary/aromatic N) is 2. The van der Waals surface area contributed by atoms with Crippen molar-refractivity contribution in [2.24, 2.45) is 0 Å². The van der Waals surface area contributed by atoms with Crippen LogP contribution < -0.4 is 4.90 Å². The summed E-state index contributed by atoms with van der Waals surface area (Å²) in [5.74, 6) is 0. The normalized spacial score (nSPS) is 12.7. The summed E-state index contributed by atoms with van der Waals surface area (Å²) in [6.45, 7) is 0. The van der Waals surface area contributed by atoms with Gasteiger partial charge >= 0.3 is 0 Å². The Morgan fingerprint density at radius 2 is 0.886 bits per heavy atom. The molecule has 0 fully saturated rings. The lowest BCUT2D eigenvalue weighted by atomic mass is 9.68. The predicted molar refractivity (Wildman–Crippen MR) is 291 cm³/mol. The van der Waals surface area contributed by atoms with Gasteiger partial charge in [0.2, 0.25) is 0 Å². The van der Waals surface area contributed by atoms with Gasteiger partial charge in [-0.3, -0.25) is 0 Å². The molecular formula is C67H44N2O. The fourth-order valence-corrected chi connectivity index (χ4v) is 11.6. The molecule has 1 aliphatic carbocycles. The van der Waals surface area contributed by atoms with Gasteiger partial charge in [-0.15, -0.1) is 0 Å². The van der Waals surface area contributed by atoms with E-state index in [-0.39, 0.29) is 0 Å². The lowest BCUT2D eigenvalue weighted by molar-refractivity contribution is 0.670. The van der Waals surface area contributed by atoms with E-state index in [0.717, 1.165) is 66.9 Å². The number of furan rings is 1. The van der Waals surface area contributed by atoms with E-state index in [2.05, 4.69) is 264 Å². The van der Waals surface area contributed by atoms with Gasteiger partial charge in [0.25, 0.3) is 0 Å². The van der Waals surface area contributed by atoms with Gasteiger partial charge < -0.3 is 13.9 Å². The van der Waals surface area contributed by atoms with Gasteiger partial charge in [-0.1, -0.05) is 200 Å². The molecule has 1 aliphatic rings. The Kier molecular flexibility index (Phi) is 9.11. The van der Waals surface area contributed by atoms with Gasteiger partial charge in [0.05, 0.1) is 16.4 Å². The Morgan fingerprint density at radius 1 is 0.329 bits per heavy atom. The van der Waals surface area contributed by atoms with Gasteiger partial charge in [-0.25, -0.2) is 0 Å². The van der Waals surface area contributed by atoms with Crippen LogP contribution in [-0.2, 0) is 5.41 Å². The first-order chi connectivity index (χ1) is 34.7. The van der Waals surface area contributed by atoms with Crippen molar-refractivity contribution in [3.8, 4) is 39.1 Å². The third kappa shape index (κ3) is 6.08. The average Bonchev–Trinajstić information content (AvgIpc) is 4.08. The van der Waals surface area contributed by atoms with E-state index in [0.29, 0.717) is 0 Å². The highest BCUT2D eigenvalue weighted by Crippen LogP contribution is 2.57. The van der Waals surface area contributed by atoms with Crippen molar-refractivity contribution >= 4 is 60.8 Å². The topological polar surface area (TPSA) is 21.3 Å². The van der Waals surface area contributed by atoms with Crippen molar-refractivity contribution in [2.45, 2.75) is 5.41 Å². The van der Waals surface area contributed by atoms with E-state index in [1.165, 1.54) is 55.2 Å². The number of hydrogen-bond donors (Lipinski definition) is 0. The standard InChI is InChI=1S/C67H44N2O/c1-3-20-48(21-4-1)67(49-22-5-2-6-23-49)61-32-11-7-26-55(61)60-44-53(40-41-62(60)67)68(51-24-16-25-52(43-51)69-63-33-12-8-27-56(63)57-28-9-13-34-64(57)69)50-38-36-45(37-39-50)46-18-15-19-47(42-46)54-30-17-31-59-58-29-10-14-35-65(58)70-66(54)59/h1-44H. The molecule has 70 heavy (non-hydrogen) atoms. The van der Waals surface area contributed by atoms with Crippen molar-refractivity contribution < 1.29 is 4.42 Å². The summed E-state index contributed by atoms with van der Waals surface area (Å²) in [6, 6.07) is 97.3. The van der Waals surface area contributed by atoms with Crippen LogP contribution in [0.2, 0.25) is 0 Å². The van der Waals surface area contributed by atoms with Crippen LogP contribution in [0.4, 0.5) is 17.1 Å². The fraction of sp³-hybridized carbons (Fsp3) is 0.0149. The first-order valence-electron chi connectivity index (χ1n) is 24.1. The van der Waals surface area contributed by atoms with E-state index in [1.807, 2.05) is 12.1 Å². The third-order valence-corrected chi connectivity index (χ3v) is 14.7. The molecule has 0 saturated carbocycles. The van der Waals surface area contributed by atoms with E-state index in [1.54, 1.807) is 0 Å². The molecule has 2 aromatic heterocycles. The molecule has 3 nitrogen and oxygen atoms in total. The zero-order valence-electron chi connectivity index (χ0n) is 38.2. The van der Waals surface area contributed by atoms with Gasteiger partial charge in [-0.05, 0) is 117 Å². The van der Waals surface area contributed by atoms with Crippen molar-refractivity contribution in [1.82, 2.24) is 4.57 Å². The molecule has 11 aromatic carbocycles. The number of aromatic nitrogens is 1. The van der Waals surface area contributed by atoms with Gasteiger partial charge in [0, 0.05) is 49.9 Å². The number of anilines is 3. The summed E-state index contributed by atoms with van der Waals surface area (Å²) in [7, 11) is 0. The highest BCUT2D eigenvalue weighted by molar-refractivity contribution is 6.10. The van der Waals surface area contributed by atoms with E-state index < -0.39 is 5.41 Å². The SMILES string of the molecule is c1ccc(C2(c3ccccc3)c3ccccc3-c3cc(N(c4ccc(-c5cccc(-c6cccc7c6oc6ccccc67)c5)cc4)c4cccc(-n5c6ccccc6c6ccccc65)c4)ccc32)cc1. The minimum absolute atomic E-state index is 0.486. The Bertz CT molecular complexity index is 4030. The summed E-state index contributed by atoms with van der Waals surface area (Å²) in [5, 5.41) is 4.75. The third-order valence-electron chi connectivity index (χ3n) is 14.7. The van der Waals surface area contributed by atoms with Crippen molar-refractivity contribution in [3.63, 3.8) is 0 Å². The quantitative estimate of drug-likeness (QED) is 0.152. The maximum absolute atomic E-state index is 6.48. The molecule has 0 unspecified atom stereocenters. The molecule has 2 heterocycles. The zero-order chi connectivity index (χ0) is 46.2. The monoisotopic (exact) mass is 892 g/mol. The molecule has 13 aromatic rings. The number of fused-ring (bicyclic) bond motifs is 9. The van der Waals surface area contributed by atoms with E-state index >= 15 is 0 Å². The zero-order valence-corrected chi connectivity index (χ0v) is 38.2. The second-order valence-electron chi connectivity index (χ2n) is 18.4. The minimum atomic E-state index is -0.486. The molecule has 0 N–H and O–H groups in total. The summed E-state index contributed by atoms with van der Waals surface area (Å²) in [4.78, 5) is 2.42. The van der Waals surface area contributed by atoms with Crippen molar-refractivity contribution in [2.75, 3.05) is 4.90 Å². The number of para-hydroxylation sites is 4. The number of benzene rings is 11. The second kappa shape index (κ2) is 16.0. The lowest BCUT2D eigenvalue weighted by Crippen LogP contribution is -2.28. The van der Waals surface area contributed by atoms with Gasteiger partial charge in [-0.2, -0.15) is 0 Å². The Hall–Kier alpha value is -9.18. The Labute approximate surface area is 406 Å². The second-order valence-corrected chi connectivity index (χ2v) is 18.4. The predicted octanol–water partition coefficient (Wildman–Crippen LogP) is 17.8. The molecule has 0 amide bonds. The van der Waals surface area contributed by atoms with Crippen LogP contribution in [0, 0.1) is 0 Å². The molecule has 328 valence electrons. The summed E-state index contributed by atoms with van der Waals surface area (Å²) >= 11 is 0. The highest BCUT2D eigenvalue weighted by Gasteiger charge is 2.46. The Morgan fingerprint density at radius 3 is 1.64 bits per heavy atom. The highest BCUT2D eigenvalue weighted by atomic mass is 16.3. The average molecular weight is 893 g/mol. The molecule has 0 atom stereocenters. The van der Waals surface area contributed by atoms with E-state index in [4.69, 9.17) is 4.42 Å². The maximum Gasteiger partial charge on any atom is 0.143 e. The first kappa shape index (κ1) is 39.9. The van der Waals surface area contributed by atoms with Gasteiger partial charge in [0.1, 0.15) is 11.2 Å². The molecule has 0 saturated heterocycles. The van der Waals surface area contributed by atoms with Crippen LogP contribution in [0.1, 0.15) is 22.3 Å². The van der Waals surface area contributed by atoms with Crippen LogP contribution in [0.3, 0.4) is 0 Å². The van der Waals surface area contributed by atoms with Crippen LogP contribution >= 0.6 is 0 Å². The molecule has 14 rings (SSSR count). The molecular weight excluding hydrogens is 849 g/mol. The van der Waals surface area contributed by atoms with Crippen LogP contribution in [0.15, 0.2) is 271 Å². The van der Waals surface area contributed by atoms with Crippen molar-refractivity contribution in [3.05, 3.63) is 289 Å². The largest absolute Gasteiger partial charge is 0.455 e. The molecule has 0 radical (unpaired) electrons. The molecule has 0 spiro atoms. The van der Waals surface area contributed by atoms with Crippen LogP contribution in [0.5, 0.6) is 0 Å². The fourth-order valence-electron chi connectivity index (χ4n) is 11.6. The van der Waals surface area contributed by atoms with Crippen molar-refractivity contribution in [1.29, 1.82) is 0 Å². The Balaban J connectivity index is 0.935. The maximum atomic E-state index is 6.48. The van der Waals surface area contributed by atoms with Crippen LogP contribution in [-0.4, -0.2) is 4.57 Å². The number of hydrogen-bond acceptors (Lipinski definition) is 2. The molecule has 0 aliphatic heterocycles. The first-order valence-corrected chi connectivity index (χ1v) is 24.1. The molecule has 0 bridgehead atoms. The molecule has 3 heteroatoms. The summed E-state index contributed by atoms with van der Waals surface area (Å²) < 4.78 is 8.88. The summed E-state index contributed by atoms with van der Waals surface area (Å²) in [6.07, 6.45) is 0. The van der Waals surface area contributed by atoms with Gasteiger partial charge in [0.15, 0.2) is 0 Å².